The number of carboxylic acid groups (broad SMARTS) is 1. The Bertz CT molecular complexity index is 646. The quantitative estimate of drug-likeness (QED) is 0.726. The first-order valence-corrected chi connectivity index (χ1v) is 7.01. The van der Waals surface area contributed by atoms with E-state index in [0.29, 0.717) is 5.69 Å². The van der Waals surface area contributed by atoms with Gasteiger partial charge in [-0.2, -0.15) is 8.42 Å². The number of hydrogen-bond acceptors (Lipinski definition) is 6. The lowest BCUT2D eigenvalue weighted by atomic mass is 10.3. The van der Waals surface area contributed by atoms with E-state index in [1.165, 1.54) is 11.7 Å². The van der Waals surface area contributed by atoms with Crippen molar-refractivity contribution in [2.75, 3.05) is 4.72 Å². The lowest BCUT2D eigenvalue weighted by Crippen LogP contribution is -2.13. The summed E-state index contributed by atoms with van der Waals surface area (Å²) in [6.07, 6.45) is 2.16. The summed E-state index contributed by atoms with van der Waals surface area (Å²) in [6, 6.07) is 0. The molecular formula is C8H8N4O4S2. The molecule has 8 nitrogen and oxygen atoms in total. The number of sulfonamides is 1. The molecule has 0 amide bonds. The Morgan fingerprint density at radius 3 is 2.94 bits per heavy atom. The Labute approximate surface area is 106 Å². The number of carbonyl (C=O) groups is 1. The van der Waals surface area contributed by atoms with Crippen LogP contribution in [0.25, 0.3) is 0 Å². The molecule has 0 saturated carbocycles. The van der Waals surface area contributed by atoms with E-state index in [2.05, 4.69) is 19.7 Å². The molecule has 0 aliphatic carbocycles. The van der Waals surface area contributed by atoms with Gasteiger partial charge in [-0.3, -0.25) is 9.52 Å². The van der Waals surface area contributed by atoms with Gasteiger partial charge in [-0.25, -0.2) is 9.97 Å². The Balaban J connectivity index is 2.15. The number of rotatable bonds is 5. The summed E-state index contributed by atoms with van der Waals surface area (Å²) in [5.74, 6) is -1.02. The minimum atomic E-state index is -3.75. The molecule has 96 valence electrons. The highest BCUT2D eigenvalue weighted by Crippen LogP contribution is 2.19. The molecule has 2 aromatic rings. The number of thiazole rings is 1. The van der Waals surface area contributed by atoms with Crippen molar-refractivity contribution in [3.8, 4) is 0 Å². The number of H-pyrrole nitrogens is 1. The predicted molar refractivity (Wildman–Crippen MR) is 62.9 cm³/mol. The third-order valence-corrected chi connectivity index (χ3v) is 4.07. The van der Waals surface area contributed by atoms with Crippen LogP contribution in [0, 0.1) is 0 Å². The Morgan fingerprint density at radius 2 is 2.33 bits per heavy atom. The van der Waals surface area contributed by atoms with Crippen LogP contribution < -0.4 is 4.72 Å². The number of hydrogen-bond donors (Lipinski definition) is 3. The van der Waals surface area contributed by atoms with Gasteiger partial charge in [0.2, 0.25) is 0 Å². The molecule has 18 heavy (non-hydrogen) atoms. The first-order chi connectivity index (χ1) is 8.47. The molecule has 0 aliphatic rings. The molecule has 0 saturated heterocycles. The highest BCUT2D eigenvalue weighted by atomic mass is 32.2. The van der Waals surface area contributed by atoms with Crippen LogP contribution in [-0.4, -0.2) is 34.4 Å². The van der Waals surface area contributed by atoms with Gasteiger partial charge in [-0.05, 0) is 0 Å². The summed E-state index contributed by atoms with van der Waals surface area (Å²) in [7, 11) is -3.75. The smallest absolute Gasteiger partial charge is 0.309 e. The maximum absolute atomic E-state index is 11.8. The summed E-state index contributed by atoms with van der Waals surface area (Å²) in [5, 5.41) is 10.1. The molecule has 0 unspecified atom stereocenters. The Hall–Kier alpha value is -1.94. The summed E-state index contributed by atoms with van der Waals surface area (Å²) in [6.45, 7) is 0. The second-order valence-electron chi connectivity index (χ2n) is 3.24. The van der Waals surface area contributed by atoms with Gasteiger partial charge < -0.3 is 10.1 Å². The maximum Gasteiger partial charge on any atom is 0.309 e. The Kier molecular flexibility index (Phi) is 3.30. The maximum atomic E-state index is 11.8. The van der Waals surface area contributed by atoms with E-state index >= 15 is 0 Å². The third-order valence-electron chi connectivity index (χ3n) is 1.87. The van der Waals surface area contributed by atoms with E-state index in [0.717, 1.165) is 17.5 Å². The molecular weight excluding hydrogens is 280 g/mol. The van der Waals surface area contributed by atoms with Crippen LogP contribution in [0.1, 0.15) is 5.69 Å². The lowest BCUT2D eigenvalue weighted by molar-refractivity contribution is -0.136. The minimum Gasteiger partial charge on any atom is -0.481 e. The van der Waals surface area contributed by atoms with Crippen LogP contribution >= 0.6 is 11.3 Å². The average molecular weight is 288 g/mol. The van der Waals surface area contributed by atoms with Crippen LogP contribution in [0.2, 0.25) is 0 Å². The van der Waals surface area contributed by atoms with Crippen molar-refractivity contribution in [3.05, 3.63) is 23.6 Å². The van der Waals surface area contributed by atoms with E-state index in [1.54, 1.807) is 0 Å². The number of anilines is 1. The first-order valence-electron chi connectivity index (χ1n) is 4.65. The van der Waals surface area contributed by atoms with Gasteiger partial charge >= 0.3 is 5.97 Å². The standard InChI is InChI=1S/C8H8N4O4S2/c13-7(14)1-5-3-17-8(11-5)12-18(15,16)6-2-9-4-10-6/h2-4H,1H2,(H,9,10)(H,11,12)(H,13,14). The van der Waals surface area contributed by atoms with Crippen molar-refractivity contribution in [1.82, 2.24) is 15.0 Å². The van der Waals surface area contributed by atoms with Crippen LogP contribution in [0.4, 0.5) is 5.13 Å². The largest absolute Gasteiger partial charge is 0.481 e. The predicted octanol–water partition coefficient (Wildman–Crippen LogP) is 0.294. The molecule has 2 aromatic heterocycles. The van der Waals surface area contributed by atoms with E-state index in [4.69, 9.17) is 5.11 Å². The first kappa shape index (κ1) is 12.5. The Morgan fingerprint density at radius 1 is 1.56 bits per heavy atom. The van der Waals surface area contributed by atoms with Crippen molar-refractivity contribution in [3.63, 3.8) is 0 Å². The second-order valence-corrected chi connectivity index (χ2v) is 5.74. The second kappa shape index (κ2) is 4.74. The normalized spacial score (nSPS) is 11.3. The zero-order chi connectivity index (χ0) is 13.2. The van der Waals surface area contributed by atoms with Gasteiger partial charge in [0.1, 0.15) is 0 Å². The number of imidazole rings is 1. The molecule has 0 atom stereocenters. The number of aromatic amines is 1. The van der Waals surface area contributed by atoms with Gasteiger partial charge in [-0.15, -0.1) is 11.3 Å². The van der Waals surface area contributed by atoms with Crippen molar-refractivity contribution >= 4 is 32.5 Å². The molecule has 0 fully saturated rings. The lowest BCUT2D eigenvalue weighted by Gasteiger charge is -2.01. The van der Waals surface area contributed by atoms with Gasteiger partial charge in [-0.1, -0.05) is 0 Å². The van der Waals surface area contributed by atoms with Gasteiger partial charge in [0.25, 0.3) is 10.0 Å². The SMILES string of the molecule is O=C(O)Cc1csc(NS(=O)(=O)c2cnc[nH]2)n1. The number of carboxylic acids is 1. The summed E-state index contributed by atoms with van der Waals surface area (Å²) in [5.41, 5.74) is 0.301. The van der Waals surface area contributed by atoms with E-state index in [-0.39, 0.29) is 16.6 Å². The summed E-state index contributed by atoms with van der Waals surface area (Å²) >= 11 is 1.02. The monoisotopic (exact) mass is 288 g/mol. The number of aromatic nitrogens is 3. The van der Waals surface area contributed by atoms with Crippen molar-refractivity contribution in [1.29, 1.82) is 0 Å². The van der Waals surface area contributed by atoms with E-state index in [1.807, 2.05) is 0 Å². The molecule has 0 radical (unpaired) electrons. The molecule has 3 N–H and O–H groups in total. The molecule has 0 bridgehead atoms. The third kappa shape index (κ3) is 2.84. The van der Waals surface area contributed by atoms with Crippen LogP contribution in [0.15, 0.2) is 22.9 Å². The number of nitrogens with zero attached hydrogens (tertiary/aromatic N) is 2. The fraction of sp³-hybridized carbons (Fsp3) is 0.125. The summed E-state index contributed by atoms with van der Waals surface area (Å²) in [4.78, 5) is 20.4. The fourth-order valence-corrected chi connectivity index (χ4v) is 3.02. The van der Waals surface area contributed by atoms with Crippen LogP contribution in [-0.2, 0) is 21.2 Å². The molecule has 0 aromatic carbocycles. The van der Waals surface area contributed by atoms with Crippen LogP contribution in [0.3, 0.4) is 0 Å². The number of aliphatic carboxylic acids is 1. The van der Waals surface area contributed by atoms with Gasteiger partial charge in [0.15, 0.2) is 10.2 Å². The van der Waals surface area contributed by atoms with E-state index < -0.39 is 16.0 Å². The molecule has 0 spiro atoms. The minimum absolute atomic E-state index is 0.0857. The number of nitrogens with one attached hydrogen (secondary N) is 2. The highest BCUT2D eigenvalue weighted by molar-refractivity contribution is 7.92. The average Bonchev–Trinajstić information content (AvgIpc) is 2.87. The van der Waals surface area contributed by atoms with Crippen molar-refractivity contribution < 1.29 is 18.3 Å². The van der Waals surface area contributed by atoms with Crippen molar-refractivity contribution in [2.24, 2.45) is 0 Å². The molecule has 2 rings (SSSR count). The topological polar surface area (TPSA) is 125 Å². The zero-order valence-corrected chi connectivity index (χ0v) is 10.5. The zero-order valence-electron chi connectivity index (χ0n) is 8.82. The van der Waals surface area contributed by atoms with Crippen molar-refractivity contribution in [2.45, 2.75) is 11.4 Å². The summed E-state index contributed by atoms with van der Waals surface area (Å²) < 4.78 is 25.8. The molecule has 0 aliphatic heterocycles. The van der Waals surface area contributed by atoms with Gasteiger partial charge in [0.05, 0.1) is 24.6 Å². The molecule has 2 heterocycles. The van der Waals surface area contributed by atoms with Gasteiger partial charge in [0, 0.05) is 5.38 Å². The molecule has 10 heteroatoms. The highest BCUT2D eigenvalue weighted by Gasteiger charge is 2.17. The van der Waals surface area contributed by atoms with E-state index in [9.17, 15) is 13.2 Å². The van der Waals surface area contributed by atoms with Crippen LogP contribution in [0.5, 0.6) is 0 Å². The fourth-order valence-electron chi connectivity index (χ4n) is 1.15.